The second kappa shape index (κ2) is 10.0. The third-order valence-corrected chi connectivity index (χ3v) is 7.01. The number of nitrogens with one attached hydrogen (secondary N) is 2. The van der Waals surface area contributed by atoms with E-state index in [2.05, 4.69) is 10.0 Å². The van der Waals surface area contributed by atoms with Gasteiger partial charge >= 0.3 is 6.09 Å². The van der Waals surface area contributed by atoms with Crippen molar-refractivity contribution >= 4 is 27.7 Å². The van der Waals surface area contributed by atoms with Gasteiger partial charge in [-0.3, -0.25) is 9.52 Å². The fourth-order valence-corrected chi connectivity index (χ4v) is 4.66. The minimum Gasteiger partial charge on any atom is -0.450 e. The Kier molecular flexibility index (Phi) is 7.40. The quantitative estimate of drug-likeness (QED) is 0.688. The fraction of sp³-hybridized carbons (Fsp3) is 0.391. The van der Waals surface area contributed by atoms with Gasteiger partial charge in [0.25, 0.3) is 15.9 Å². The van der Waals surface area contributed by atoms with Crippen LogP contribution in [-0.2, 0) is 14.8 Å². The average Bonchev–Trinajstić information content (AvgIpc) is 2.77. The van der Waals surface area contributed by atoms with Gasteiger partial charge in [-0.05, 0) is 75.1 Å². The average molecular weight is 460 g/mol. The zero-order valence-electron chi connectivity index (χ0n) is 18.6. The van der Waals surface area contributed by atoms with Crippen molar-refractivity contribution in [2.75, 3.05) is 24.4 Å². The molecular weight excluding hydrogens is 430 g/mol. The SMILES string of the molecule is CCOC(=O)N1CCC(NC(=O)c2ccc(S(=O)(=O)Nc3cccc(C)c3C)cc2)CC1. The van der Waals surface area contributed by atoms with Gasteiger partial charge in [0.2, 0.25) is 0 Å². The molecule has 1 fully saturated rings. The van der Waals surface area contributed by atoms with Gasteiger partial charge in [-0.15, -0.1) is 0 Å². The van der Waals surface area contributed by atoms with Crippen molar-refractivity contribution in [1.82, 2.24) is 10.2 Å². The Labute approximate surface area is 189 Å². The largest absolute Gasteiger partial charge is 0.450 e. The number of amides is 2. The third kappa shape index (κ3) is 5.59. The van der Waals surface area contributed by atoms with Crippen LogP contribution in [0, 0.1) is 13.8 Å². The van der Waals surface area contributed by atoms with Crippen LogP contribution in [0.15, 0.2) is 47.4 Å². The highest BCUT2D eigenvalue weighted by atomic mass is 32.2. The number of nitrogens with zero attached hydrogens (tertiary/aromatic N) is 1. The topological polar surface area (TPSA) is 105 Å². The van der Waals surface area contributed by atoms with Gasteiger partial charge in [-0.1, -0.05) is 12.1 Å². The zero-order chi connectivity index (χ0) is 23.3. The number of anilines is 1. The highest BCUT2D eigenvalue weighted by molar-refractivity contribution is 7.92. The van der Waals surface area contributed by atoms with E-state index in [-0.39, 0.29) is 22.9 Å². The van der Waals surface area contributed by atoms with Crippen molar-refractivity contribution in [2.24, 2.45) is 0 Å². The molecule has 1 aliphatic rings. The summed E-state index contributed by atoms with van der Waals surface area (Å²) in [7, 11) is -3.77. The van der Waals surface area contributed by atoms with Crippen LogP contribution in [-0.4, -0.2) is 51.1 Å². The molecule has 1 heterocycles. The lowest BCUT2D eigenvalue weighted by Gasteiger charge is -2.31. The number of carbonyl (C=O) groups is 2. The highest BCUT2D eigenvalue weighted by Crippen LogP contribution is 2.22. The van der Waals surface area contributed by atoms with E-state index in [1.165, 1.54) is 24.3 Å². The maximum atomic E-state index is 12.7. The summed E-state index contributed by atoms with van der Waals surface area (Å²) < 4.78 is 33.1. The number of sulfonamides is 1. The predicted octanol–water partition coefficient (Wildman–Crippen LogP) is 3.45. The van der Waals surface area contributed by atoms with Gasteiger partial charge in [0.1, 0.15) is 0 Å². The Morgan fingerprint density at radius 2 is 1.72 bits per heavy atom. The second-order valence-electron chi connectivity index (χ2n) is 7.81. The summed E-state index contributed by atoms with van der Waals surface area (Å²) in [6.07, 6.45) is 0.941. The summed E-state index contributed by atoms with van der Waals surface area (Å²) >= 11 is 0. The smallest absolute Gasteiger partial charge is 0.409 e. The van der Waals surface area contributed by atoms with Crippen LogP contribution in [0.2, 0.25) is 0 Å². The second-order valence-corrected chi connectivity index (χ2v) is 9.49. The summed E-state index contributed by atoms with van der Waals surface area (Å²) in [5.74, 6) is -0.272. The van der Waals surface area contributed by atoms with Crippen LogP contribution >= 0.6 is 0 Å². The molecule has 0 bridgehead atoms. The molecule has 0 radical (unpaired) electrons. The molecular formula is C23H29N3O5S. The molecule has 0 unspecified atom stereocenters. The normalized spacial score (nSPS) is 14.7. The van der Waals surface area contributed by atoms with Gasteiger partial charge in [-0.25, -0.2) is 13.2 Å². The van der Waals surface area contributed by atoms with Crippen molar-refractivity contribution in [1.29, 1.82) is 0 Å². The first kappa shape index (κ1) is 23.6. The Balaban J connectivity index is 1.60. The molecule has 1 aliphatic heterocycles. The van der Waals surface area contributed by atoms with E-state index < -0.39 is 10.0 Å². The van der Waals surface area contributed by atoms with Gasteiger partial charge in [0.05, 0.1) is 17.2 Å². The van der Waals surface area contributed by atoms with Crippen molar-refractivity contribution in [3.63, 3.8) is 0 Å². The number of carbonyl (C=O) groups excluding carboxylic acids is 2. The third-order valence-electron chi connectivity index (χ3n) is 5.63. The molecule has 2 N–H and O–H groups in total. The summed E-state index contributed by atoms with van der Waals surface area (Å²) in [4.78, 5) is 26.1. The molecule has 0 saturated carbocycles. The maximum Gasteiger partial charge on any atom is 0.409 e. The number of rotatable bonds is 6. The molecule has 8 nitrogen and oxygen atoms in total. The van der Waals surface area contributed by atoms with E-state index in [0.717, 1.165) is 11.1 Å². The van der Waals surface area contributed by atoms with E-state index >= 15 is 0 Å². The van der Waals surface area contributed by atoms with Crippen LogP contribution in [0.3, 0.4) is 0 Å². The number of benzene rings is 2. The lowest BCUT2D eigenvalue weighted by molar-refractivity contribution is 0.0860. The molecule has 2 aromatic rings. The first-order valence-corrected chi connectivity index (χ1v) is 12.1. The molecule has 2 aromatic carbocycles. The maximum absolute atomic E-state index is 12.7. The first-order chi connectivity index (χ1) is 15.2. The molecule has 3 rings (SSSR count). The van der Waals surface area contributed by atoms with E-state index in [0.29, 0.717) is 43.8 Å². The zero-order valence-corrected chi connectivity index (χ0v) is 19.4. The van der Waals surface area contributed by atoms with Gasteiger partial charge < -0.3 is 15.0 Å². The van der Waals surface area contributed by atoms with Crippen LogP contribution in [0.25, 0.3) is 0 Å². The van der Waals surface area contributed by atoms with E-state index in [1.807, 2.05) is 19.9 Å². The first-order valence-electron chi connectivity index (χ1n) is 10.6. The monoisotopic (exact) mass is 459 g/mol. The number of aryl methyl sites for hydroxylation is 1. The predicted molar refractivity (Wildman–Crippen MR) is 122 cm³/mol. The van der Waals surface area contributed by atoms with E-state index in [9.17, 15) is 18.0 Å². The molecule has 0 spiro atoms. The fourth-order valence-electron chi connectivity index (χ4n) is 3.54. The van der Waals surface area contributed by atoms with Crippen LogP contribution in [0.4, 0.5) is 10.5 Å². The number of piperidine rings is 1. The molecule has 0 atom stereocenters. The van der Waals surface area contributed by atoms with Gasteiger partial charge in [0, 0.05) is 24.7 Å². The summed E-state index contributed by atoms with van der Waals surface area (Å²) in [5, 5.41) is 2.96. The van der Waals surface area contributed by atoms with Crippen molar-refractivity contribution in [3.05, 3.63) is 59.2 Å². The standard InChI is InChI=1S/C23H29N3O5S/c1-4-31-23(28)26-14-12-19(13-15-26)24-22(27)18-8-10-20(11-9-18)32(29,30)25-21-7-5-6-16(2)17(21)3/h5-11,19,25H,4,12-15H2,1-3H3,(H,24,27). The Morgan fingerprint density at radius 1 is 1.06 bits per heavy atom. The summed E-state index contributed by atoms with van der Waals surface area (Å²) in [6, 6.07) is 11.2. The molecule has 9 heteroatoms. The van der Waals surface area contributed by atoms with Crippen LogP contribution < -0.4 is 10.0 Å². The molecule has 172 valence electrons. The highest BCUT2D eigenvalue weighted by Gasteiger charge is 2.25. The van der Waals surface area contributed by atoms with Crippen LogP contribution in [0.5, 0.6) is 0 Å². The van der Waals surface area contributed by atoms with E-state index in [1.54, 1.807) is 24.0 Å². The number of hydrogen-bond acceptors (Lipinski definition) is 5. The van der Waals surface area contributed by atoms with Gasteiger partial charge in [-0.2, -0.15) is 0 Å². The van der Waals surface area contributed by atoms with Crippen LogP contribution in [0.1, 0.15) is 41.3 Å². The molecule has 0 aromatic heterocycles. The van der Waals surface area contributed by atoms with Crippen molar-refractivity contribution in [3.8, 4) is 0 Å². The van der Waals surface area contributed by atoms with Gasteiger partial charge in [0.15, 0.2) is 0 Å². The molecule has 32 heavy (non-hydrogen) atoms. The van der Waals surface area contributed by atoms with Crippen molar-refractivity contribution < 1.29 is 22.7 Å². The minimum absolute atomic E-state index is 0.0532. The molecule has 2 amide bonds. The summed E-state index contributed by atoms with van der Waals surface area (Å²) in [6.45, 7) is 6.91. The molecule has 0 aliphatic carbocycles. The lowest BCUT2D eigenvalue weighted by Crippen LogP contribution is -2.46. The lowest BCUT2D eigenvalue weighted by atomic mass is 10.0. The minimum atomic E-state index is -3.77. The number of likely N-dealkylation sites (tertiary alicyclic amines) is 1. The Hall–Kier alpha value is -3.07. The molecule has 1 saturated heterocycles. The summed E-state index contributed by atoms with van der Waals surface area (Å²) in [5.41, 5.74) is 2.76. The Bertz CT molecular complexity index is 1080. The van der Waals surface area contributed by atoms with Crippen molar-refractivity contribution in [2.45, 2.75) is 44.6 Å². The Morgan fingerprint density at radius 3 is 2.34 bits per heavy atom. The number of hydrogen-bond donors (Lipinski definition) is 2. The van der Waals surface area contributed by atoms with E-state index in [4.69, 9.17) is 4.74 Å². The number of ether oxygens (including phenoxy) is 1.